The second-order valence-electron chi connectivity index (χ2n) is 3.74. The van der Waals surface area contributed by atoms with E-state index in [-0.39, 0.29) is 0 Å². The number of urea groups is 1. The molecule has 0 aromatic heterocycles. The molecule has 0 heterocycles. The predicted molar refractivity (Wildman–Crippen MR) is 71.9 cm³/mol. The van der Waals surface area contributed by atoms with Crippen molar-refractivity contribution in [2.45, 2.75) is 13.0 Å². The number of nitriles is 1. The molecule has 0 fully saturated rings. The Morgan fingerprint density at radius 1 is 1.42 bits per heavy atom. The van der Waals surface area contributed by atoms with Crippen LogP contribution in [0.15, 0.2) is 18.2 Å². The Labute approximate surface area is 115 Å². The van der Waals surface area contributed by atoms with Crippen LogP contribution in [0.4, 0.5) is 10.5 Å². The van der Waals surface area contributed by atoms with Gasteiger partial charge in [-0.3, -0.25) is 10.1 Å². The molecular weight excluding hydrogens is 268 g/mol. The van der Waals surface area contributed by atoms with Crippen molar-refractivity contribution in [3.8, 4) is 6.07 Å². The van der Waals surface area contributed by atoms with E-state index in [0.29, 0.717) is 16.3 Å². The summed E-state index contributed by atoms with van der Waals surface area (Å²) < 4.78 is 0. The highest BCUT2D eigenvalue weighted by Crippen LogP contribution is 2.23. The number of carbonyl (C=O) groups is 2. The summed E-state index contributed by atoms with van der Waals surface area (Å²) in [4.78, 5) is 22.6. The van der Waals surface area contributed by atoms with Gasteiger partial charge in [-0.25, -0.2) is 4.79 Å². The normalized spacial score (nSPS) is 11.1. The van der Waals surface area contributed by atoms with Gasteiger partial charge in [0.25, 0.3) is 0 Å². The van der Waals surface area contributed by atoms with Crippen LogP contribution in [0.1, 0.15) is 12.5 Å². The molecule has 1 unspecified atom stereocenters. The molecule has 3 N–H and O–H groups in total. The fourth-order valence-electron chi connectivity index (χ4n) is 1.28. The summed E-state index contributed by atoms with van der Waals surface area (Å²) in [6.07, 6.45) is 0. The first-order valence-corrected chi connectivity index (χ1v) is 5.84. The van der Waals surface area contributed by atoms with E-state index in [4.69, 9.17) is 16.9 Å². The summed E-state index contributed by atoms with van der Waals surface area (Å²) in [5, 5.41) is 16.3. The van der Waals surface area contributed by atoms with E-state index in [0.717, 1.165) is 0 Å². The first-order chi connectivity index (χ1) is 8.97. The van der Waals surface area contributed by atoms with Crippen molar-refractivity contribution in [2.75, 3.05) is 12.4 Å². The van der Waals surface area contributed by atoms with Gasteiger partial charge in [-0.2, -0.15) is 5.26 Å². The average molecular weight is 281 g/mol. The molecule has 0 aliphatic carbocycles. The topological polar surface area (TPSA) is 94.0 Å². The molecule has 1 atom stereocenters. The number of nitrogens with zero attached hydrogens (tertiary/aromatic N) is 1. The Balaban J connectivity index is 2.72. The molecule has 0 saturated carbocycles. The molecular formula is C12H13ClN4O2. The molecule has 6 nitrogen and oxygen atoms in total. The van der Waals surface area contributed by atoms with Gasteiger partial charge in [0, 0.05) is 7.05 Å². The van der Waals surface area contributed by atoms with E-state index in [2.05, 4.69) is 16.0 Å². The number of anilines is 1. The van der Waals surface area contributed by atoms with Gasteiger partial charge in [0.1, 0.15) is 6.04 Å². The van der Waals surface area contributed by atoms with Gasteiger partial charge >= 0.3 is 6.03 Å². The summed E-state index contributed by atoms with van der Waals surface area (Å²) in [7, 11) is 1.41. The minimum atomic E-state index is -0.650. The van der Waals surface area contributed by atoms with E-state index < -0.39 is 18.0 Å². The van der Waals surface area contributed by atoms with Crippen LogP contribution in [0, 0.1) is 11.3 Å². The number of benzene rings is 1. The van der Waals surface area contributed by atoms with Gasteiger partial charge in [-0.15, -0.1) is 0 Å². The Morgan fingerprint density at radius 2 is 2.11 bits per heavy atom. The third-order valence-electron chi connectivity index (χ3n) is 2.33. The van der Waals surface area contributed by atoms with Crippen LogP contribution in [0.3, 0.4) is 0 Å². The SMILES string of the molecule is CNC(=O)NC(=O)C(C)Nc1ccc(C#N)cc1Cl. The van der Waals surface area contributed by atoms with Gasteiger partial charge in [-0.05, 0) is 25.1 Å². The number of hydrogen-bond acceptors (Lipinski definition) is 4. The average Bonchev–Trinajstić information content (AvgIpc) is 2.40. The second kappa shape index (κ2) is 6.61. The fourth-order valence-corrected chi connectivity index (χ4v) is 1.52. The highest BCUT2D eigenvalue weighted by Gasteiger charge is 2.16. The third-order valence-corrected chi connectivity index (χ3v) is 2.64. The molecule has 19 heavy (non-hydrogen) atoms. The molecule has 1 rings (SSSR count). The van der Waals surface area contributed by atoms with E-state index in [1.165, 1.54) is 13.1 Å². The molecule has 0 bridgehead atoms. The van der Waals surface area contributed by atoms with Crippen LogP contribution < -0.4 is 16.0 Å². The van der Waals surface area contributed by atoms with Crippen LogP contribution in [0.25, 0.3) is 0 Å². The minimum absolute atomic E-state index is 0.332. The third kappa shape index (κ3) is 4.16. The maximum atomic E-state index is 11.6. The van der Waals surface area contributed by atoms with Crippen LogP contribution in [-0.2, 0) is 4.79 Å². The number of rotatable bonds is 3. The van der Waals surface area contributed by atoms with Crippen molar-refractivity contribution in [3.05, 3.63) is 28.8 Å². The zero-order valence-electron chi connectivity index (χ0n) is 10.5. The largest absolute Gasteiger partial charge is 0.373 e. The predicted octanol–water partition coefficient (Wildman–Crippen LogP) is 1.47. The van der Waals surface area contributed by atoms with Crippen molar-refractivity contribution >= 4 is 29.2 Å². The number of halogens is 1. The first-order valence-electron chi connectivity index (χ1n) is 5.46. The van der Waals surface area contributed by atoms with Gasteiger partial charge in [0.05, 0.1) is 22.3 Å². The minimum Gasteiger partial charge on any atom is -0.373 e. The Morgan fingerprint density at radius 3 is 2.63 bits per heavy atom. The molecule has 0 aliphatic rings. The maximum absolute atomic E-state index is 11.6. The summed E-state index contributed by atoms with van der Waals surface area (Å²) in [6, 6.07) is 5.41. The molecule has 100 valence electrons. The van der Waals surface area contributed by atoms with Gasteiger partial charge in [0.15, 0.2) is 0 Å². The Hall–Kier alpha value is -2.26. The lowest BCUT2D eigenvalue weighted by atomic mass is 10.2. The van der Waals surface area contributed by atoms with E-state index >= 15 is 0 Å². The standard InChI is InChI=1S/C12H13ClN4O2/c1-7(11(18)17-12(19)15-2)16-10-4-3-8(6-14)5-9(10)13/h3-5,7,16H,1-2H3,(H2,15,17,18,19). The number of imide groups is 1. The molecule has 1 aromatic carbocycles. The van der Waals surface area contributed by atoms with Crippen molar-refractivity contribution in [1.29, 1.82) is 5.26 Å². The van der Waals surface area contributed by atoms with Gasteiger partial charge in [-0.1, -0.05) is 11.6 Å². The first kappa shape index (κ1) is 14.8. The highest BCUT2D eigenvalue weighted by atomic mass is 35.5. The van der Waals surface area contributed by atoms with Crippen molar-refractivity contribution in [1.82, 2.24) is 10.6 Å². The van der Waals surface area contributed by atoms with Crippen LogP contribution >= 0.6 is 11.6 Å². The van der Waals surface area contributed by atoms with Gasteiger partial charge in [0.2, 0.25) is 5.91 Å². The second-order valence-corrected chi connectivity index (χ2v) is 4.15. The summed E-state index contributed by atoms with van der Waals surface area (Å²) in [5.74, 6) is -0.486. The molecule has 7 heteroatoms. The van der Waals surface area contributed by atoms with E-state index in [1.807, 2.05) is 6.07 Å². The van der Waals surface area contributed by atoms with E-state index in [1.54, 1.807) is 19.1 Å². The lowest BCUT2D eigenvalue weighted by Crippen LogP contribution is -2.44. The number of nitrogens with one attached hydrogen (secondary N) is 3. The lowest BCUT2D eigenvalue weighted by Gasteiger charge is -2.15. The molecule has 3 amide bonds. The van der Waals surface area contributed by atoms with Crippen LogP contribution in [0.2, 0.25) is 5.02 Å². The summed E-state index contributed by atoms with van der Waals surface area (Å²) in [5.41, 5.74) is 0.943. The molecule has 0 spiro atoms. The Kier molecular flexibility index (Phi) is 5.15. The summed E-state index contributed by atoms with van der Waals surface area (Å²) in [6.45, 7) is 1.59. The monoisotopic (exact) mass is 280 g/mol. The van der Waals surface area contributed by atoms with Crippen molar-refractivity contribution < 1.29 is 9.59 Å². The zero-order chi connectivity index (χ0) is 14.4. The zero-order valence-corrected chi connectivity index (χ0v) is 11.2. The maximum Gasteiger partial charge on any atom is 0.321 e. The highest BCUT2D eigenvalue weighted by molar-refractivity contribution is 6.33. The van der Waals surface area contributed by atoms with Crippen LogP contribution in [0.5, 0.6) is 0 Å². The molecule has 1 aromatic rings. The van der Waals surface area contributed by atoms with E-state index in [9.17, 15) is 9.59 Å². The molecule has 0 saturated heterocycles. The van der Waals surface area contributed by atoms with Gasteiger partial charge < -0.3 is 10.6 Å². The number of amides is 3. The Bertz CT molecular complexity index is 539. The smallest absolute Gasteiger partial charge is 0.321 e. The van der Waals surface area contributed by atoms with Crippen molar-refractivity contribution in [2.24, 2.45) is 0 Å². The van der Waals surface area contributed by atoms with Crippen LogP contribution in [-0.4, -0.2) is 25.0 Å². The quantitative estimate of drug-likeness (QED) is 0.781. The fraction of sp³-hybridized carbons (Fsp3) is 0.250. The molecule has 0 radical (unpaired) electrons. The molecule has 0 aliphatic heterocycles. The van der Waals surface area contributed by atoms with Crippen molar-refractivity contribution in [3.63, 3.8) is 0 Å². The number of carbonyl (C=O) groups excluding carboxylic acids is 2. The summed E-state index contributed by atoms with van der Waals surface area (Å²) >= 11 is 5.97. The lowest BCUT2D eigenvalue weighted by molar-refractivity contribution is -0.120. The number of hydrogen-bond donors (Lipinski definition) is 3.